The van der Waals surface area contributed by atoms with Gasteiger partial charge in [-0.05, 0) is 24.6 Å². The minimum Gasteiger partial charge on any atom is -0.329 e. The maximum Gasteiger partial charge on any atom is 0.284 e. The lowest BCUT2D eigenvalue weighted by Gasteiger charge is -2.41. The van der Waals surface area contributed by atoms with Crippen LogP contribution in [0.15, 0.2) is 29.7 Å². The van der Waals surface area contributed by atoms with Gasteiger partial charge in [0.25, 0.3) is 5.18 Å². The van der Waals surface area contributed by atoms with Gasteiger partial charge in [0.2, 0.25) is 11.8 Å². The lowest BCUT2D eigenvalue weighted by atomic mass is 10.1. The van der Waals surface area contributed by atoms with E-state index in [9.17, 15) is 9.59 Å². The number of fused-ring (bicyclic) bond motifs is 1. The number of ether oxygens (including phenoxy) is 1. The van der Waals surface area contributed by atoms with Gasteiger partial charge in [0.05, 0.1) is 5.70 Å². The summed E-state index contributed by atoms with van der Waals surface area (Å²) < 4.78 is 5.67. The van der Waals surface area contributed by atoms with E-state index in [2.05, 4.69) is 5.32 Å². The van der Waals surface area contributed by atoms with E-state index in [1.54, 1.807) is 12.1 Å². The molecule has 21 heavy (non-hydrogen) atoms. The molecule has 2 heterocycles. The van der Waals surface area contributed by atoms with Crippen molar-refractivity contribution in [2.24, 2.45) is 0 Å². The summed E-state index contributed by atoms with van der Waals surface area (Å²) in [7, 11) is 0. The van der Waals surface area contributed by atoms with Crippen LogP contribution in [0.5, 0.6) is 0 Å². The van der Waals surface area contributed by atoms with Crippen LogP contribution < -0.4 is 5.32 Å². The Bertz CT molecular complexity index is 632. The van der Waals surface area contributed by atoms with Crippen molar-refractivity contribution in [2.45, 2.75) is 18.5 Å². The van der Waals surface area contributed by atoms with Crippen LogP contribution in [0.4, 0.5) is 0 Å². The number of amides is 2. The molecule has 0 aliphatic carbocycles. The summed E-state index contributed by atoms with van der Waals surface area (Å²) in [6, 6.07) is 7.19. The third-order valence-electron chi connectivity index (χ3n) is 3.20. The monoisotopic (exact) mass is 324 g/mol. The average molecular weight is 325 g/mol. The van der Waals surface area contributed by atoms with Gasteiger partial charge in [-0.1, -0.05) is 35.5 Å². The van der Waals surface area contributed by atoms with Crippen molar-refractivity contribution < 1.29 is 14.3 Å². The Morgan fingerprint density at radius 3 is 2.76 bits per heavy atom. The Kier molecular flexibility index (Phi) is 3.69. The summed E-state index contributed by atoms with van der Waals surface area (Å²) in [4.78, 5) is 25.5. The van der Waals surface area contributed by atoms with Crippen molar-refractivity contribution in [1.29, 1.82) is 0 Å². The smallest absolute Gasteiger partial charge is 0.284 e. The first kappa shape index (κ1) is 14.4. The van der Waals surface area contributed by atoms with Crippen molar-refractivity contribution in [3.05, 3.63) is 40.3 Å². The summed E-state index contributed by atoms with van der Waals surface area (Å²) in [5.74, 6) is -0.610. The van der Waals surface area contributed by atoms with E-state index < -0.39 is 5.18 Å². The molecule has 1 saturated heterocycles. The van der Waals surface area contributed by atoms with Crippen LogP contribution in [-0.4, -0.2) is 28.5 Å². The number of nitrogens with one attached hydrogen (secondary N) is 1. The van der Waals surface area contributed by atoms with Crippen molar-refractivity contribution in [3.8, 4) is 0 Å². The minimum atomic E-state index is -1.17. The predicted molar refractivity (Wildman–Crippen MR) is 81.0 cm³/mol. The number of benzene rings is 1. The van der Waals surface area contributed by atoms with Gasteiger partial charge >= 0.3 is 0 Å². The molecule has 2 amide bonds. The summed E-state index contributed by atoms with van der Waals surface area (Å²) in [5.41, 5.74) is 1.55. The maximum atomic E-state index is 12.3. The molecule has 2 aliphatic heterocycles. The van der Waals surface area contributed by atoms with Crippen molar-refractivity contribution >= 4 is 40.9 Å². The molecule has 1 aromatic carbocycles. The molecule has 1 unspecified atom stereocenters. The van der Waals surface area contributed by atoms with Crippen LogP contribution in [0.25, 0.3) is 5.70 Å². The normalized spacial score (nSPS) is 24.7. The predicted octanol–water partition coefficient (Wildman–Crippen LogP) is 2.38. The third kappa shape index (κ3) is 2.43. The van der Waals surface area contributed by atoms with Crippen LogP contribution in [0.3, 0.4) is 0 Å². The second-order valence-electron chi connectivity index (χ2n) is 4.60. The fourth-order valence-electron chi connectivity index (χ4n) is 2.37. The average Bonchev–Trinajstić information content (AvgIpc) is 2.79. The Labute approximate surface area is 131 Å². The highest BCUT2D eigenvalue weighted by Gasteiger charge is 2.52. The molecule has 1 atom stereocenters. The summed E-state index contributed by atoms with van der Waals surface area (Å²) >= 11 is 7.16. The summed E-state index contributed by atoms with van der Waals surface area (Å²) in [5, 5.41) is 4.04. The molecule has 2 aliphatic rings. The molecule has 1 aromatic rings. The van der Waals surface area contributed by atoms with Crippen molar-refractivity contribution in [2.75, 3.05) is 6.61 Å². The molecular weight excluding hydrogens is 312 g/mol. The minimum absolute atomic E-state index is 0.180. The maximum absolute atomic E-state index is 12.3. The van der Waals surface area contributed by atoms with Gasteiger partial charge in [-0.3, -0.25) is 14.5 Å². The Balaban J connectivity index is 1.99. The molecule has 0 bridgehead atoms. The van der Waals surface area contributed by atoms with E-state index >= 15 is 0 Å². The first-order valence-corrected chi connectivity index (χ1v) is 7.73. The summed E-state index contributed by atoms with van der Waals surface area (Å²) in [6.45, 7) is 2.19. The second-order valence-corrected chi connectivity index (χ2v) is 6.06. The van der Waals surface area contributed by atoms with Crippen LogP contribution in [0.1, 0.15) is 18.9 Å². The highest BCUT2D eigenvalue weighted by atomic mass is 35.5. The SMILES string of the molecule is CCOC12NC(=O)CC(=O)N1C(c1ccc(Cl)cc1)=CS2. The van der Waals surface area contributed by atoms with Gasteiger partial charge in [-0.2, -0.15) is 0 Å². The van der Waals surface area contributed by atoms with E-state index in [-0.39, 0.29) is 18.2 Å². The van der Waals surface area contributed by atoms with Gasteiger partial charge in [-0.15, -0.1) is 0 Å². The van der Waals surface area contributed by atoms with Gasteiger partial charge in [0, 0.05) is 17.0 Å². The van der Waals surface area contributed by atoms with Crippen LogP contribution in [0.2, 0.25) is 5.02 Å². The van der Waals surface area contributed by atoms with E-state index in [0.29, 0.717) is 17.3 Å². The molecule has 1 N–H and O–H groups in total. The number of rotatable bonds is 3. The standard InChI is InChI=1S/C14H13ClN2O3S/c1-2-20-14-16-12(18)7-13(19)17(14)11(8-21-14)9-3-5-10(15)6-4-9/h3-6,8H,2,7H2,1H3,(H,16,18). The van der Waals surface area contributed by atoms with Gasteiger partial charge in [0.1, 0.15) is 6.42 Å². The number of hydrogen-bond donors (Lipinski definition) is 1. The van der Waals surface area contributed by atoms with Gasteiger partial charge in [-0.25, -0.2) is 0 Å². The van der Waals surface area contributed by atoms with Crippen LogP contribution in [-0.2, 0) is 14.3 Å². The molecular formula is C14H13ClN2O3S. The quantitative estimate of drug-likeness (QED) is 0.867. The largest absolute Gasteiger partial charge is 0.329 e. The van der Waals surface area contributed by atoms with E-state index in [1.165, 1.54) is 16.7 Å². The molecule has 110 valence electrons. The first-order valence-electron chi connectivity index (χ1n) is 6.47. The van der Waals surface area contributed by atoms with E-state index in [1.807, 2.05) is 24.5 Å². The van der Waals surface area contributed by atoms with Crippen molar-refractivity contribution in [3.63, 3.8) is 0 Å². The van der Waals surface area contributed by atoms with E-state index in [0.717, 1.165) is 5.56 Å². The lowest BCUT2D eigenvalue weighted by Crippen LogP contribution is -2.63. The molecule has 5 nitrogen and oxygen atoms in total. The first-order chi connectivity index (χ1) is 10.1. The number of thioether (sulfide) groups is 1. The molecule has 1 fully saturated rings. The zero-order valence-electron chi connectivity index (χ0n) is 11.3. The topological polar surface area (TPSA) is 58.6 Å². The molecule has 0 aromatic heterocycles. The number of carbonyl (C=O) groups is 2. The molecule has 7 heteroatoms. The molecule has 0 saturated carbocycles. The van der Waals surface area contributed by atoms with Gasteiger partial charge < -0.3 is 10.1 Å². The molecule has 0 radical (unpaired) electrons. The zero-order valence-corrected chi connectivity index (χ0v) is 12.8. The Morgan fingerprint density at radius 2 is 2.10 bits per heavy atom. The number of carbonyl (C=O) groups excluding carboxylic acids is 2. The Morgan fingerprint density at radius 1 is 1.38 bits per heavy atom. The van der Waals surface area contributed by atoms with Gasteiger partial charge in [0.15, 0.2) is 0 Å². The highest BCUT2D eigenvalue weighted by Crippen LogP contribution is 2.46. The van der Waals surface area contributed by atoms with Crippen LogP contribution >= 0.6 is 23.4 Å². The lowest BCUT2D eigenvalue weighted by molar-refractivity contribution is -0.161. The molecule has 0 spiro atoms. The third-order valence-corrected chi connectivity index (χ3v) is 4.52. The number of halogens is 1. The highest BCUT2D eigenvalue weighted by molar-refractivity contribution is 8.03. The number of hydrogen-bond acceptors (Lipinski definition) is 4. The second kappa shape index (κ2) is 5.36. The summed E-state index contributed by atoms with van der Waals surface area (Å²) in [6.07, 6.45) is -0.180. The van der Waals surface area contributed by atoms with Crippen molar-refractivity contribution in [1.82, 2.24) is 10.2 Å². The van der Waals surface area contributed by atoms with E-state index in [4.69, 9.17) is 16.3 Å². The fourth-order valence-corrected chi connectivity index (χ4v) is 3.67. The zero-order chi connectivity index (χ0) is 15.0. The van der Waals surface area contributed by atoms with Crippen LogP contribution in [0, 0.1) is 0 Å². The molecule has 3 rings (SSSR count). The number of nitrogens with zero attached hydrogens (tertiary/aromatic N) is 1. The Hall–Kier alpha value is -1.50. The fraction of sp³-hybridized carbons (Fsp3) is 0.286.